The topological polar surface area (TPSA) is 64.1 Å². The third kappa shape index (κ3) is 3.47. The highest BCUT2D eigenvalue weighted by atomic mass is 19.4. The Bertz CT molecular complexity index is 773. The van der Waals surface area contributed by atoms with E-state index in [0.29, 0.717) is 5.92 Å². The predicted octanol–water partition coefficient (Wildman–Crippen LogP) is 3.63. The second-order valence-electron chi connectivity index (χ2n) is 5.47. The normalized spacial score (nSPS) is 14.3. The third-order valence-corrected chi connectivity index (χ3v) is 3.69. The van der Waals surface area contributed by atoms with Gasteiger partial charge in [0.2, 0.25) is 0 Å². The molecular weight excluding hydrogens is 323 g/mol. The molecule has 0 aliphatic heterocycles. The molecule has 0 unspecified atom stereocenters. The number of halogens is 3. The summed E-state index contributed by atoms with van der Waals surface area (Å²) in [4.78, 5) is 20.3. The average Bonchev–Trinajstić information content (AvgIpc) is 3.39. The molecule has 1 N–H and O–H groups in total. The van der Waals surface area contributed by atoms with Crippen LogP contribution in [-0.2, 0) is 6.18 Å². The Kier molecular flexibility index (Phi) is 4.13. The Labute approximate surface area is 135 Å². The van der Waals surface area contributed by atoms with Gasteiger partial charge in [-0.1, -0.05) is 0 Å². The molecule has 1 amide bonds. The number of alkyl halides is 3. The predicted molar refractivity (Wildman–Crippen MR) is 80.0 cm³/mol. The van der Waals surface area contributed by atoms with E-state index in [2.05, 4.69) is 15.3 Å². The molecule has 1 aliphatic carbocycles. The monoisotopic (exact) mass is 337 g/mol. The molecule has 1 heterocycles. The molecule has 5 nitrogen and oxygen atoms in total. The van der Waals surface area contributed by atoms with Crippen LogP contribution in [0.1, 0.15) is 40.5 Å². The number of amides is 1. The lowest BCUT2D eigenvalue weighted by Gasteiger charge is -2.13. The van der Waals surface area contributed by atoms with Crippen molar-refractivity contribution in [1.29, 1.82) is 0 Å². The lowest BCUT2D eigenvalue weighted by atomic mass is 10.1. The first-order valence-electron chi connectivity index (χ1n) is 7.27. The minimum atomic E-state index is -4.51. The highest BCUT2D eigenvalue weighted by Crippen LogP contribution is 2.39. The van der Waals surface area contributed by atoms with E-state index >= 15 is 0 Å². The van der Waals surface area contributed by atoms with Crippen molar-refractivity contribution in [3.63, 3.8) is 0 Å². The summed E-state index contributed by atoms with van der Waals surface area (Å²) in [7, 11) is 1.31. The molecule has 126 valence electrons. The summed E-state index contributed by atoms with van der Waals surface area (Å²) in [6, 6.07) is 4.45. The fraction of sp³-hybridized carbons (Fsp3) is 0.312. The molecule has 0 atom stereocenters. The van der Waals surface area contributed by atoms with E-state index in [4.69, 9.17) is 4.74 Å². The number of aromatic nitrogens is 2. The van der Waals surface area contributed by atoms with Crippen LogP contribution in [0.4, 0.5) is 18.9 Å². The zero-order valence-corrected chi connectivity index (χ0v) is 12.7. The molecule has 0 bridgehead atoms. The highest BCUT2D eigenvalue weighted by molar-refractivity contribution is 6.03. The smallest absolute Gasteiger partial charge is 0.416 e. The van der Waals surface area contributed by atoms with Crippen LogP contribution in [0.25, 0.3) is 0 Å². The molecular formula is C16H14F3N3O2. The van der Waals surface area contributed by atoms with E-state index in [1.54, 1.807) is 6.07 Å². The van der Waals surface area contributed by atoms with E-state index in [1.807, 2.05) is 0 Å². The molecule has 2 aromatic rings. The van der Waals surface area contributed by atoms with Crippen LogP contribution in [-0.4, -0.2) is 23.0 Å². The SMILES string of the molecule is COc1ccc(C(F)(F)F)cc1NC(=O)c1cc(C2CC2)ncn1. The summed E-state index contributed by atoms with van der Waals surface area (Å²) in [6.07, 6.45) is -1.20. The van der Waals surface area contributed by atoms with Crippen molar-refractivity contribution < 1.29 is 22.7 Å². The number of carbonyl (C=O) groups excluding carboxylic acids is 1. The zero-order valence-electron chi connectivity index (χ0n) is 12.7. The van der Waals surface area contributed by atoms with Crippen LogP contribution in [0, 0.1) is 0 Å². The fourth-order valence-corrected chi connectivity index (χ4v) is 2.27. The van der Waals surface area contributed by atoms with E-state index < -0.39 is 17.6 Å². The van der Waals surface area contributed by atoms with Gasteiger partial charge in [-0.2, -0.15) is 13.2 Å². The first-order valence-corrected chi connectivity index (χ1v) is 7.27. The quantitative estimate of drug-likeness (QED) is 0.925. The Morgan fingerprint density at radius 3 is 2.62 bits per heavy atom. The number of hydrogen-bond acceptors (Lipinski definition) is 4. The standard InChI is InChI=1S/C16H14F3N3O2/c1-24-14-5-4-10(16(17,18)19)6-12(14)22-15(23)13-7-11(9-2-3-9)20-8-21-13/h4-9H,2-3H2,1H3,(H,22,23). The summed E-state index contributed by atoms with van der Waals surface area (Å²) in [5, 5.41) is 2.42. The van der Waals surface area contributed by atoms with Crippen LogP contribution in [0.5, 0.6) is 5.75 Å². The summed E-state index contributed by atoms with van der Waals surface area (Å²) >= 11 is 0. The molecule has 8 heteroatoms. The van der Waals surface area contributed by atoms with Crippen LogP contribution in [0.2, 0.25) is 0 Å². The number of anilines is 1. The number of benzene rings is 1. The lowest BCUT2D eigenvalue weighted by Crippen LogP contribution is -2.16. The molecule has 1 fully saturated rings. The van der Waals surface area contributed by atoms with Crippen molar-refractivity contribution >= 4 is 11.6 Å². The van der Waals surface area contributed by atoms with Crippen LogP contribution >= 0.6 is 0 Å². The maximum Gasteiger partial charge on any atom is 0.416 e. The second kappa shape index (κ2) is 6.10. The number of methoxy groups -OCH3 is 1. The number of nitrogens with zero attached hydrogens (tertiary/aromatic N) is 2. The Morgan fingerprint density at radius 1 is 1.25 bits per heavy atom. The first kappa shape index (κ1) is 16.2. The largest absolute Gasteiger partial charge is 0.495 e. The summed E-state index contributed by atoms with van der Waals surface area (Å²) in [5.74, 6) is -0.146. The van der Waals surface area contributed by atoms with Gasteiger partial charge in [-0.05, 0) is 37.1 Å². The van der Waals surface area contributed by atoms with E-state index in [-0.39, 0.29) is 17.1 Å². The van der Waals surface area contributed by atoms with Crippen molar-refractivity contribution in [3.8, 4) is 5.75 Å². The second-order valence-corrected chi connectivity index (χ2v) is 5.47. The average molecular weight is 337 g/mol. The maximum absolute atomic E-state index is 12.8. The third-order valence-electron chi connectivity index (χ3n) is 3.69. The summed E-state index contributed by atoms with van der Waals surface area (Å²) < 4.78 is 43.5. The van der Waals surface area contributed by atoms with Gasteiger partial charge in [0.1, 0.15) is 17.8 Å². The molecule has 1 saturated carbocycles. The van der Waals surface area contributed by atoms with E-state index in [0.717, 1.165) is 36.7 Å². The van der Waals surface area contributed by atoms with Gasteiger partial charge in [-0.25, -0.2) is 9.97 Å². The molecule has 1 aromatic carbocycles. The van der Waals surface area contributed by atoms with E-state index in [1.165, 1.54) is 13.4 Å². The van der Waals surface area contributed by atoms with E-state index in [9.17, 15) is 18.0 Å². The molecule has 24 heavy (non-hydrogen) atoms. The fourth-order valence-electron chi connectivity index (χ4n) is 2.27. The Hall–Kier alpha value is -2.64. The number of ether oxygens (including phenoxy) is 1. The molecule has 0 spiro atoms. The van der Waals surface area contributed by atoms with Crippen molar-refractivity contribution in [2.24, 2.45) is 0 Å². The maximum atomic E-state index is 12.8. The van der Waals surface area contributed by atoms with Crippen LogP contribution in [0.15, 0.2) is 30.6 Å². The highest BCUT2D eigenvalue weighted by Gasteiger charge is 2.31. The van der Waals surface area contributed by atoms with Crippen LogP contribution < -0.4 is 10.1 Å². The Morgan fingerprint density at radius 2 is 2.00 bits per heavy atom. The van der Waals surface area contributed by atoms with Crippen molar-refractivity contribution in [2.75, 3.05) is 12.4 Å². The van der Waals surface area contributed by atoms with Gasteiger partial charge in [0.15, 0.2) is 0 Å². The summed E-state index contributed by atoms with van der Waals surface area (Å²) in [5.41, 5.74) is -0.0682. The zero-order chi connectivity index (χ0) is 17.3. The van der Waals surface area contributed by atoms with Gasteiger partial charge >= 0.3 is 6.18 Å². The van der Waals surface area contributed by atoms with Crippen molar-refractivity contribution in [2.45, 2.75) is 24.9 Å². The van der Waals surface area contributed by atoms with Gasteiger partial charge in [0.05, 0.1) is 18.4 Å². The van der Waals surface area contributed by atoms with Crippen molar-refractivity contribution in [3.05, 3.63) is 47.5 Å². The minimum Gasteiger partial charge on any atom is -0.495 e. The van der Waals surface area contributed by atoms with Crippen molar-refractivity contribution in [1.82, 2.24) is 9.97 Å². The molecule has 1 aromatic heterocycles. The lowest BCUT2D eigenvalue weighted by molar-refractivity contribution is -0.137. The number of rotatable bonds is 4. The molecule has 0 radical (unpaired) electrons. The van der Waals surface area contributed by atoms with Gasteiger partial charge in [0, 0.05) is 11.6 Å². The molecule has 1 aliphatic rings. The Balaban J connectivity index is 1.86. The number of carbonyl (C=O) groups is 1. The van der Waals surface area contributed by atoms with Gasteiger partial charge in [0.25, 0.3) is 5.91 Å². The first-order chi connectivity index (χ1) is 11.4. The minimum absolute atomic E-state index is 0.0658. The number of hydrogen-bond donors (Lipinski definition) is 1. The van der Waals surface area contributed by atoms with Crippen LogP contribution in [0.3, 0.4) is 0 Å². The molecule has 0 saturated heterocycles. The summed E-state index contributed by atoms with van der Waals surface area (Å²) in [6.45, 7) is 0. The van der Waals surface area contributed by atoms with Gasteiger partial charge < -0.3 is 10.1 Å². The molecule has 3 rings (SSSR count). The van der Waals surface area contributed by atoms with Gasteiger partial charge in [-0.3, -0.25) is 4.79 Å². The number of nitrogens with one attached hydrogen (secondary N) is 1. The van der Waals surface area contributed by atoms with Gasteiger partial charge in [-0.15, -0.1) is 0 Å².